The smallest absolute Gasteiger partial charge is 0.326 e. The number of nitrogens with two attached hydrogens (primary N) is 3. The topological polar surface area (TPSA) is 294 Å². The molecule has 12 N–H and O–H groups in total. The molecular weight excluding hydrogens is 448 g/mol. The third kappa shape index (κ3) is 12.0. The number of carboxylic acids is 2. The molecule has 0 aliphatic carbocycles. The summed E-state index contributed by atoms with van der Waals surface area (Å²) in [6, 6.07) is -6.19. The van der Waals surface area contributed by atoms with E-state index in [4.69, 9.17) is 27.4 Å². The third-order valence-electron chi connectivity index (χ3n) is 4.15. The summed E-state index contributed by atoms with van der Waals surface area (Å²) in [5, 5.41) is 33.5. The normalized spacial score (nSPS) is 14.1. The molecule has 33 heavy (non-hydrogen) atoms. The second-order valence-electron chi connectivity index (χ2n) is 6.92. The lowest BCUT2D eigenvalue weighted by Crippen LogP contribution is -2.58. The zero-order valence-corrected chi connectivity index (χ0v) is 17.5. The van der Waals surface area contributed by atoms with Crippen molar-refractivity contribution in [2.75, 3.05) is 6.61 Å². The van der Waals surface area contributed by atoms with Gasteiger partial charge in [-0.1, -0.05) is 0 Å². The number of amides is 5. The molecule has 0 heterocycles. The van der Waals surface area contributed by atoms with Gasteiger partial charge in [-0.3, -0.25) is 28.8 Å². The van der Waals surface area contributed by atoms with Gasteiger partial charge in [0.05, 0.1) is 19.1 Å². The Labute approximate surface area is 187 Å². The Balaban J connectivity index is 5.31. The van der Waals surface area contributed by atoms with Crippen LogP contribution in [0.2, 0.25) is 0 Å². The summed E-state index contributed by atoms with van der Waals surface area (Å²) >= 11 is 0. The van der Waals surface area contributed by atoms with Crippen LogP contribution in [0.4, 0.5) is 0 Å². The SMILES string of the molecule is NC(=O)CCC(N)C(=O)NC(CCC(=O)O)C(=O)NC(CO)C(=O)NC(CC(N)=O)C(=O)O. The maximum atomic E-state index is 12.5. The van der Waals surface area contributed by atoms with E-state index in [-0.39, 0.29) is 12.8 Å². The first-order valence-electron chi connectivity index (χ1n) is 9.57. The van der Waals surface area contributed by atoms with Crippen molar-refractivity contribution in [3.05, 3.63) is 0 Å². The zero-order chi connectivity index (χ0) is 25.7. The molecule has 16 nitrogen and oxygen atoms in total. The summed E-state index contributed by atoms with van der Waals surface area (Å²) in [4.78, 5) is 80.7. The number of aliphatic carboxylic acids is 2. The summed E-state index contributed by atoms with van der Waals surface area (Å²) in [7, 11) is 0. The molecule has 0 aromatic carbocycles. The Morgan fingerprint density at radius 1 is 0.697 bits per heavy atom. The molecule has 16 heteroatoms. The Bertz CT molecular complexity index is 773. The van der Waals surface area contributed by atoms with E-state index in [9.17, 15) is 38.7 Å². The summed E-state index contributed by atoms with van der Waals surface area (Å²) in [6.07, 6.45) is -2.11. The first-order chi connectivity index (χ1) is 15.3. The number of carboxylic acid groups (broad SMARTS) is 2. The Hall–Kier alpha value is -3.79. The van der Waals surface area contributed by atoms with Crippen LogP contribution < -0.4 is 33.2 Å². The lowest BCUT2D eigenvalue weighted by molar-refractivity contribution is -0.144. The van der Waals surface area contributed by atoms with Gasteiger partial charge in [-0.05, 0) is 12.8 Å². The lowest BCUT2D eigenvalue weighted by atomic mass is 10.1. The molecule has 0 fully saturated rings. The first kappa shape index (κ1) is 29.2. The fraction of sp³-hybridized carbons (Fsp3) is 0.588. The number of primary amides is 2. The van der Waals surface area contributed by atoms with Gasteiger partial charge < -0.3 is 48.5 Å². The minimum absolute atomic E-state index is 0.146. The van der Waals surface area contributed by atoms with Crippen LogP contribution in [0.3, 0.4) is 0 Å². The Morgan fingerprint density at radius 3 is 1.67 bits per heavy atom. The van der Waals surface area contributed by atoms with Crippen LogP contribution in [-0.2, 0) is 33.6 Å². The monoisotopic (exact) mass is 476 g/mol. The number of carbonyl (C=O) groups excluding carboxylic acids is 5. The predicted octanol–water partition coefficient (Wildman–Crippen LogP) is -5.15. The molecule has 0 spiro atoms. The molecule has 0 saturated heterocycles. The van der Waals surface area contributed by atoms with Gasteiger partial charge in [-0.15, -0.1) is 0 Å². The van der Waals surface area contributed by atoms with Crippen LogP contribution in [0.1, 0.15) is 32.1 Å². The number of aliphatic hydroxyl groups excluding tert-OH is 1. The fourth-order valence-electron chi connectivity index (χ4n) is 2.38. The second-order valence-corrected chi connectivity index (χ2v) is 6.92. The Kier molecular flexibility index (Phi) is 12.7. The van der Waals surface area contributed by atoms with Crippen LogP contribution in [0.25, 0.3) is 0 Å². The summed E-state index contributed by atoms with van der Waals surface area (Å²) in [5.41, 5.74) is 15.5. The van der Waals surface area contributed by atoms with E-state index in [2.05, 4.69) is 5.32 Å². The molecular formula is C17H28N6O10. The van der Waals surface area contributed by atoms with E-state index in [0.717, 1.165) is 0 Å². The van der Waals surface area contributed by atoms with Crippen molar-refractivity contribution in [2.24, 2.45) is 17.2 Å². The van der Waals surface area contributed by atoms with Crippen LogP contribution in [0.5, 0.6) is 0 Å². The average molecular weight is 476 g/mol. The Morgan fingerprint density at radius 2 is 1.21 bits per heavy atom. The average Bonchev–Trinajstić information content (AvgIpc) is 2.71. The summed E-state index contributed by atoms with van der Waals surface area (Å²) in [6.45, 7) is -1.00. The van der Waals surface area contributed by atoms with Crippen molar-refractivity contribution in [3.8, 4) is 0 Å². The molecule has 0 aliphatic heterocycles. The maximum Gasteiger partial charge on any atom is 0.326 e. The van der Waals surface area contributed by atoms with E-state index in [0.29, 0.717) is 0 Å². The van der Waals surface area contributed by atoms with Crippen LogP contribution in [0.15, 0.2) is 0 Å². The van der Waals surface area contributed by atoms with Gasteiger partial charge in [0.15, 0.2) is 0 Å². The van der Waals surface area contributed by atoms with Gasteiger partial charge in [0.25, 0.3) is 0 Å². The summed E-state index contributed by atoms with van der Waals surface area (Å²) in [5.74, 6) is -7.81. The van der Waals surface area contributed by atoms with E-state index in [1.807, 2.05) is 10.6 Å². The highest BCUT2D eigenvalue weighted by molar-refractivity contribution is 5.95. The van der Waals surface area contributed by atoms with Crippen molar-refractivity contribution < 1.29 is 48.9 Å². The van der Waals surface area contributed by atoms with Crippen LogP contribution in [0, 0.1) is 0 Å². The van der Waals surface area contributed by atoms with Crippen molar-refractivity contribution in [1.82, 2.24) is 16.0 Å². The van der Waals surface area contributed by atoms with Crippen molar-refractivity contribution in [1.29, 1.82) is 0 Å². The molecule has 0 aromatic rings. The van der Waals surface area contributed by atoms with Gasteiger partial charge in [0.1, 0.15) is 18.1 Å². The van der Waals surface area contributed by atoms with Crippen LogP contribution in [-0.4, -0.2) is 87.6 Å². The lowest BCUT2D eigenvalue weighted by Gasteiger charge is -2.24. The van der Waals surface area contributed by atoms with Crippen molar-refractivity contribution in [2.45, 2.75) is 56.3 Å². The maximum absolute atomic E-state index is 12.5. The molecule has 5 amide bonds. The minimum atomic E-state index is -1.73. The molecule has 0 rings (SSSR count). The quantitative estimate of drug-likeness (QED) is 0.101. The number of aliphatic hydroxyl groups is 1. The van der Waals surface area contributed by atoms with Gasteiger partial charge in [-0.2, -0.15) is 0 Å². The highest BCUT2D eigenvalue weighted by atomic mass is 16.4. The van der Waals surface area contributed by atoms with Gasteiger partial charge >= 0.3 is 11.9 Å². The first-order valence-corrected chi connectivity index (χ1v) is 9.57. The molecule has 0 aliphatic rings. The van der Waals surface area contributed by atoms with E-state index in [1.54, 1.807) is 0 Å². The van der Waals surface area contributed by atoms with E-state index < -0.39 is 91.5 Å². The second kappa shape index (κ2) is 14.3. The largest absolute Gasteiger partial charge is 0.481 e. The molecule has 0 radical (unpaired) electrons. The number of hydrogen-bond acceptors (Lipinski definition) is 9. The molecule has 4 atom stereocenters. The van der Waals surface area contributed by atoms with Crippen molar-refractivity contribution in [3.63, 3.8) is 0 Å². The standard InChI is InChI=1S/C17H28N6O10/c18-7(1-3-11(19)25)14(29)21-8(2-4-13(27)28)15(30)23-10(6-24)16(31)22-9(17(32)33)5-12(20)26/h7-10,24H,1-6,18H2,(H2,19,25)(H2,20,26)(H,21,29)(H,22,31)(H,23,30)(H,27,28)(H,32,33). The van der Waals surface area contributed by atoms with Gasteiger partial charge in [0, 0.05) is 12.8 Å². The number of carbonyl (C=O) groups is 7. The molecule has 0 aromatic heterocycles. The minimum Gasteiger partial charge on any atom is -0.481 e. The predicted molar refractivity (Wildman–Crippen MR) is 108 cm³/mol. The number of rotatable bonds is 16. The number of nitrogens with one attached hydrogen (secondary N) is 3. The van der Waals surface area contributed by atoms with Gasteiger partial charge in [0.2, 0.25) is 29.5 Å². The highest BCUT2D eigenvalue weighted by Crippen LogP contribution is 2.03. The third-order valence-corrected chi connectivity index (χ3v) is 4.15. The molecule has 4 unspecified atom stereocenters. The van der Waals surface area contributed by atoms with E-state index in [1.165, 1.54) is 0 Å². The van der Waals surface area contributed by atoms with E-state index >= 15 is 0 Å². The fourth-order valence-corrected chi connectivity index (χ4v) is 2.38. The molecule has 0 saturated carbocycles. The highest BCUT2D eigenvalue weighted by Gasteiger charge is 2.30. The molecule has 186 valence electrons. The van der Waals surface area contributed by atoms with Crippen LogP contribution >= 0.6 is 0 Å². The summed E-state index contributed by atoms with van der Waals surface area (Å²) < 4.78 is 0. The van der Waals surface area contributed by atoms with Crippen molar-refractivity contribution >= 4 is 41.5 Å². The zero-order valence-electron chi connectivity index (χ0n) is 17.5. The molecule has 0 bridgehead atoms. The van der Waals surface area contributed by atoms with Gasteiger partial charge in [-0.25, -0.2) is 4.79 Å². The number of hydrogen-bond donors (Lipinski definition) is 9.